The molecule has 2 heterocycles. The van der Waals surface area contributed by atoms with Crippen molar-refractivity contribution in [3.8, 4) is 0 Å². The van der Waals surface area contributed by atoms with Crippen LogP contribution in [-0.2, 0) is 6.54 Å². The van der Waals surface area contributed by atoms with Gasteiger partial charge in [-0.3, -0.25) is 4.68 Å². The molecule has 0 saturated carbocycles. The summed E-state index contributed by atoms with van der Waals surface area (Å²) in [6, 6.07) is 5.56. The van der Waals surface area contributed by atoms with Gasteiger partial charge in [-0.25, -0.2) is 4.98 Å². The van der Waals surface area contributed by atoms with Gasteiger partial charge in [0.2, 0.25) is 0 Å². The van der Waals surface area contributed by atoms with Crippen LogP contribution in [0.1, 0.15) is 17.1 Å². The van der Waals surface area contributed by atoms with Crippen LogP contribution in [-0.4, -0.2) is 14.8 Å². The van der Waals surface area contributed by atoms with Crippen molar-refractivity contribution in [3.63, 3.8) is 0 Å². The number of halogens is 1. The summed E-state index contributed by atoms with van der Waals surface area (Å²) in [5.41, 5.74) is 8.28. The zero-order valence-corrected chi connectivity index (χ0v) is 9.99. The Morgan fingerprint density at radius 2 is 2.12 bits per heavy atom. The van der Waals surface area contributed by atoms with Gasteiger partial charge in [0, 0.05) is 0 Å². The van der Waals surface area contributed by atoms with E-state index in [2.05, 4.69) is 10.1 Å². The van der Waals surface area contributed by atoms with Crippen LogP contribution in [0, 0.1) is 13.8 Å². The molecule has 2 N–H and O–H groups in total. The minimum absolute atomic E-state index is 0.519. The second-order valence-electron chi connectivity index (χ2n) is 3.70. The molecule has 84 valence electrons. The molecule has 0 aliphatic rings. The van der Waals surface area contributed by atoms with E-state index in [1.165, 1.54) is 0 Å². The number of nitrogen functional groups attached to an aromatic ring is 1. The molecule has 2 aromatic heterocycles. The van der Waals surface area contributed by atoms with Crippen LogP contribution in [0.25, 0.3) is 0 Å². The van der Waals surface area contributed by atoms with Crippen LogP contribution >= 0.6 is 11.6 Å². The number of aromatic nitrogens is 3. The maximum absolute atomic E-state index is 6.07. The predicted molar refractivity (Wildman–Crippen MR) is 64.5 cm³/mol. The Labute approximate surface area is 99.1 Å². The predicted octanol–water partition coefficient (Wildman–Crippen LogP) is 2.18. The summed E-state index contributed by atoms with van der Waals surface area (Å²) in [7, 11) is 0. The summed E-state index contributed by atoms with van der Waals surface area (Å²) in [4.78, 5) is 4.22. The van der Waals surface area contributed by atoms with Crippen molar-refractivity contribution in [1.82, 2.24) is 14.8 Å². The van der Waals surface area contributed by atoms with Crippen molar-refractivity contribution >= 4 is 17.4 Å². The second kappa shape index (κ2) is 4.14. The van der Waals surface area contributed by atoms with E-state index in [4.69, 9.17) is 17.3 Å². The molecule has 0 bridgehead atoms. The second-order valence-corrected chi connectivity index (χ2v) is 4.07. The van der Waals surface area contributed by atoms with E-state index in [0.29, 0.717) is 17.4 Å². The summed E-state index contributed by atoms with van der Waals surface area (Å²) in [5, 5.41) is 5.05. The Balaban J connectivity index is 2.30. The lowest BCUT2D eigenvalue weighted by Crippen LogP contribution is -2.06. The smallest absolute Gasteiger partial charge is 0.123 e. The number of aryl methyl sites for hydroxylation is 1. The lowest BCUT2D eigenvalue weighted by Gasteiger charge is -2.04. The molecule has 0 unspecified atom stereocenters. The average molecular weight is 237 g/mol. The molecule has 0 radical (unpaired) electrons. The molecule has 0 amide bonds. The largest absolute Gasteiger partial charge is 0.384 e. The quantitative estimate of drug-likeness (QED) is 0.870. The van der Waals surface area contributed by atoms with E-state index < -0.39 is 0 Å². The number of hydrogen-bond acceptors (Lipinski definition) is 3. The first-order valence-electron chi connectivity index (χ1n) is 4.99. The van der Waals surface area contributed by atoms with Gasteiger partial charge in [-0.15, -0.1) is 0 Å². The first kappa shape index (κ1) is 11.0. The van der Waals surface area contributed by atoms with E-state index >= 15 is 0 Å². The standard InChI is InChI=1S/C11H13ClN4/c1-7-11(12)8(2)16(15-7)6-9-4-3-5-10(13)14-9/h3-5H,6H2,1-2H3,(H2,13,14). The first-order chi connectivity index (χ1) is 7.58. The molecule has 0 atom stereocenters. The number of hydrogen-bond donors (Lipinski definition) is 1. The molecule has 0 aromatic carbocycles. The van der Waals surface area contributed by atoms with Crippen molar-refractivity contribution in [2.45, 2.75) is 20.4 Å². The van der Waals surface area contributed by atoms with Crippen molar-refractivity contribution in [2.24, 2.45) is 0 Å². The number of rotatable bonds is 2. The Bertz CT molecular complexity index is 519. The highest BCUT2D eigenvalue weighted by atomic mass is 35.5. The molecule has 2 rings (SSSR count). The van der Waals surface area contributed by atoms with Crippen LogP contribution < -0.4 is 5.73 Å². The monoisotopic (exact) mass is 236 g/mol. The van der Waals surface area contributed by atoms with Crippen LogP contribution in [0.2, 0.25) is 5.02 Å². The maximum Gasteiger partial charge on any atom is 0.123 e. The highest BCUT2D eigenvalue weighted by Crippen LogP contribution is 2.19. The molecule has 16 heavy (non-hydrogen) atoms. The van der Waals surface area contributed by atoms with E-state index in [0.717, 1.165) is 17.1 Å². The summed E-state index contributed by atoms with van der Waals surface area (Å²) >= 11 is 6.07. The topological polar surface area (TPSA) is 56.7 Å². The maximum atomic E-state index is 6.07. The zero-order valence-electron chi connectivity index (χ0n) is 9.24. The van der Waals surface area contributed by atoms with Crippen molar-refractivity contribution in [1.29, 1.82) is 0 Å². The number of anilines is 1. The molecule has 4 nitrogen and oxygen atoms in total. The van der Waals surface area contributed by atoms with E-state index in [1.54, 1.807) is 6.07 Å². The highest BCUT2D eigenvalue weighted by Gasteiger charge is 2.09. The Hall–Kier alpha value is -1.55. The van der Waals surface area contributed by atoms with Gasteiger partial charge in [-0.05, 0) is 26.0 Å². The van der Waals surface area contributed by atoms with Gasteiger partial charge in [0.15, 0.2) is 0 Å². The fourth-order valence-corrected chi connectivity index (χ4v) is 1.70. The van der Waals surface area contributed by atoms with Gasteiger partial charge in [-0.2, -0.15) is 5.10 Å². The third-order valence-corrected chi connectivity index (χ3v) is 2.98. The van der Waals surface area contributed by atoms with Crippen LogP contribution in [0.3, 0.4) is 0 Å². The first-order valence-corrected chi connectivity index (χ1v) is 5.36. The third-order valence-electron chi connectivity index (χ3n) is 2.43. The minimum atomic E-state index is 0.519. The number of nitrogens with two attached hydrogens (primary N) is 1. The summed E-state index contributed by atoms with van der Waals surface area (Å²) in [6.07, 6.45) is 0. The molecule has 5 heteroatoms. The van der Waals surface area contributed by atoms with E-state index in [1.807, 2.05) is 30.7 Å². The van der Waals surface area contributed by atoms with Crippen molar-refractivity contribution < 1.29 is 0 Å². The molecule has 0 aliphatic heterocycles. The minimum Gasteiger partial charge on any atom is -0.384 e. The lowest BCUT2D eigenvalue weighted by molar-refractivity contribution is 0.647. The summed E-state index contributed by atoms with van der Waals surface area (Å²) in [6.45, 7) is 4.41. The van der Waals surface area contributed by atoms with Gasteiger partial charge >= 0.3 is 0 Å². The van der Waals surface area contributed by atoms with Gasteiger partial charge in [0.05, 0.1) is 28.6 Å². The van der Waals surface area contributed by atoms with Gasteiger partial charge in [-0.1, -0.05) is 17.7 Å². The van der Waals surface area contributed by atoms with Gasteiger partial charge < -0.3 is 5.73 Å². The number of nitrogens with zero attached hydrogens (tertiary/aromatic N) is 3. The van der Waals surface area contributed by atoms with E-state index in [-0.39, 0.29) is 0 Å². The fourth-order valence-electron chi connectivity index (χ4n) is 1.57. The molecule has 2 aromatic rings. The Morgan fingerprint density at radius 3 is 2.69 bits per heavy atom. The summed E-state index contributed by atoms with van der Waals surface area (Å²) < 4.78 is 1.83. The molecule has 0 saturated heterocycles. The lowest BCUT2D eigenvalue weighted by atomic mass is 10.3. The fraction of sp³-hybridized carbons (Fsp3) is 0.273. The Kier molecular flexibility index (Phi) is 2.83. The molecule has 0 aliphatic carbocycles. The summed E-state index contributed by atoms with van der Waals surface area (Å²) in [5.74, 6) is 0.519. The normalized spacial score (nSPS) is 10.7. The average Bonchev–Trinajstić information content (AvgIpc) is 2.47. The SMILES string of the molecule is Cc1nn(Cc2cccc(N)n2)c(C)c1Cl. The van der Waals surface area contributed by atoms with Crippen LogP contribution in [0.5, 0.6) is 0 Å². The zero-order chi connectivity index (χ0) is 11.7. The molecular weight excluding hydrogens is 224 g/mol. The number of pyridine rings is 1. The molecule has 0 spiro atoms. The highest BCUT2D eigenvalue weighted by molar-refractivity contribution is 6.31. The van der Waals surface area contributed by atoms with Gasteiger partial charge in [0.1, 0.15) is 5.82 Å². The third kappa shape index (κ3) is 2.02. The van der Waals surface area contributed by atoms with Crippen molar-refractivity contribution in [2.75, 3.05) is 5.73 Å². The van der Waals surface area contributed by atoms with Crippen LogP contribution in [0.15, 0.2) is 18.2 Å². The molecule has 0 fully saturated rings. The molecular formula is C11H13ClN4. The van der Waals surface area contributed by atoms with Crippen molar-refractivity contribution in [3.05, 3.63) is 40.3 Å². The Morgan fingerprint density at radius 1 is 1.38 bits per heavy atom. The van der Waals surface area contributed by atoms with E-state index in [9.17, 15) is 0 Å². The van der Waals surface area contributed by atoms with Gasteiger partial charge in [0.25, 0.3) is 0 Å². The van der Waals surface area contributed by atoms with Crippen LogP contribution in [0.4, 0.5) is 5.82 Å².